The molecule has 0 amide bonds. The molecule has 0 fully saturated rings. The van der Waals surface area contributed by atoms with Crippen LogP contribution < -0.4 is 24.4 Å². The Morgan fingerprint density at radius 2 is 1.94 bits per heavy atom. The molecule has 8 nitrogen and oxygen atoms in total. The van der Waals surface area contributed by atoms with E-state index >= 15 is 0 Å². The van der Waals surface area contributed by atoms with E-state index in [1.54, 1.807) is 44.8 Å². The maximum atomic E-state index is 13.8. The Hall–Kier alpha value is -4.11. The molecule has 9 heteroatoms. The van der Waals surface area contributed by atoms with Gasteiger partial charge < -0.3 is 19.2 Å². The maximum Gasteiger partial charge on any atom is 0.338 e. The maximum absolute atomic E-state index is 13.8. The van der Waals surface area contributed by atoms with Crippen molar-refractivity contribution in [2.45, 2.75) is 19.9 Å². The number of thiazole rings is 1. The quantitative estimate of drug-likeness (QED) is 0.408. The highest BCUT2D eigenvalue weighted by molar-refractivity contribution is 7.07. The third-order valence-corrected chi connectivity index (χ3v) is 7.13. The molecule has 1 atom stereocenters. The number of nitrogens with zero attached hydrogens (tertiary/aromatic N) is 2. The zero-order valence-electron chi connectivity index (χ0n) is 20.3. The Morgan fingerprint density at radius 3 is 2.69 bits per heavy atom. The van der Waals surface area contributed by atoms with Gasteiger partial charge >= 0.3 is 5.97 Å². The number of rotatable bonds is 6. The summed E-state index contributed by atoms with van der Waals surface area (Å²) in [6.45, 7) is 3.71. The molecule has 1 aliphatic heterocycles. The number of allylic oxidation sites excluding steroid dienone is 1. The highest BCUT2D eigenvalue weighted by Crippen LogP contribution is 2.36. The molecule has 0 unspecified atom stereocenters. The smallest absolute Gasteiger partial charge is 0.338 e. The fourth-order valence-electron chi connectivity index (χ4n) is 4.48. The van der Waals surface area contributed by atoms with E-state index in [-0.39, 0.29) is 12.2 Å². The topological polar surface area (TPSA) is 94.9 Å². The van der Waals surface area contributed by atoms with E-state index in [0.717, 1.165) is 16.5 Å². The Balaban J connectivity index is 1.75. The van der Waals surface area contributed by atoms with E-state index in [2.05, 4.69) is 9.98 Å². The van der Waals surface area contributed by atoms with Gasteiger partial charge in [0.2, 0.25) is 0 Å². The number of nitrogens with one attached hydrogen (secondary N) is 1. The van der Waals surface area contributed by atoms with Gasteiger partial charge in [0, 0.05) is 22.7 Å². The van der Waals surface area contributed by atoms with Gasteiger partial charge in [0.1, 0.15) is 0 Å². The highest BCUT2D eigenvalue weighted by Gasteiger charge is 2.34. The summed E-state index contributed by atoms with van der Waals surface area (Å²) in [5, 5.41) is 1.02. The Labute approximate surface area is 210 Å². The molecule has 0 aliphatic carbocycles. The lowest BCUT2D eigenvalue weighted by atomic mass is 9.95. The predicted octanol–water partition coefficient (Wildman–Crippen LogP) is 3.30. The molecule has 0 spiro atoms. The molecule has 3 heterocycles. The van der Waals surface area contributed by atoms with Crippen molar-refractivity contribution in [3.8, 4) is 11.5 Å². The van der Waals surface area contributed by atoms with Gasteiger partial charge in [0.05, 0.1) is 42.7 Å². The first-order valence-corrected chi connectivity index (χ1v) is 12.3. The summed E-state index contributed by atoms with van der Waals surface area (Å²) >= 11 is 1.29. The van der Waals surface area contributed by atoms with E-state index < -0.39 is 12.0 Å². The van der Waals surface area contributed by atoms with Crippen molar-refractivity contribution in [1.82, 2.24) is 9.55 Å². The molecule has 4 aromatic rings. The largest absolute Gasteiger partial charge is 0.493 e. The zero-order chi connectivity index (χ0) is 25.4. The van der Waals surface area contributed by atoms with Crippen LogP contribution >= 0.6 is 11.3 Å². The van der Waals surface area contributed by atoms with E-state index in [1.807, 2.05) is 42.6 Å². The molecular weight excluding hydrogens is 478 g/mol. The number of para-hydroxylation sites is 1. The number of esters is 1. The van der Waals surface area contributed by atoms with Gasteiger partial charge in [-0.3, -0.25) is 9.36 Å². The molecule has 0 saturated carbocycles. The van der Waals surface area contributed by atoms with Gasteiger partial charge in [-0.15, -0.1) is 0 Å². The number of aromatic nitrogens is 2. The number of hydrogen-bond acceptors (Lipinski definition) is 7. The van der Waals surface area contributed by atoms with E-state index in [9.17, 15) is 9.59 Å². The summed E-state index contributed by atoms with van der Waals surface area (Å²) in [5.74, 6) is 0.532. The lowest BCUT2D eigenvalue weighted by molar-refractivity contribution is -0.139. The number of fused-ring (bicyclic) bond motifs is 2. The van der Waals surface area contributed by atoms with Crippen molar-refractivity contribution in [3.05, 3.63) is 90.7 Å². The average Bonchev–Trinajstić information content (AvgIpc) is 3.43. The van der Waals surface area contributed by atoms with Gasteiger partial charge in [-0.1, -0.05) is 35.6 Å². The average molecular weight is 504 g/mol. The molecule has 1 N–H and O–H groups in total. The second-order valence-electron chi connectivity index (χ2n) is 8.21. The lowest BCUT2D eigenvalue weighted by Gasteiger charge is -2.25. The molecule has 36 heavy (non-hydrogen) atoms. The minimum atomic E-state index is -0.731. The van der Waals surface area contributed by atoms with Gasteiger partial charge in [0.25, 0.3) is 5.56 Å². The summed E-state index contributed by atoms with van der Waals surface area (Å²) in [6.07, 6.45) is 3.74. The number of aromatic amines is 1. The predicted molar refractivity (Wildman–Crippen MR) is 138 cm³/mol. The van der Waals surface area contributed by atoms with Crippen LogP contribution in [0.15, 0.2) is 69.7 Å². The summed E-state index contributed by atoms with van der Waals surface area (Å²) in [6, 6.07) is 12.5. The highest BCUT2D eigenvalue weighted by atomic mass is 32.1. The number of benzene rings is 2. The SMILES string of the molecule is CCOC(=O)C1=C(C)N=c2sc(=Cc3c[nH]c4ccccc34)c(=O)n2[C@@H]1c1ccc(OC)c(OC)c1. The fourth-order valence-corrected chi connectivity index (χ4v) is 5.52. The van der Waals surface area contributed by atoms with Crippen LogP contribution in [0.4, 0.5) is 0 Å². The third-order valence-electron chi connectivity index (χ3n) is 6.15. The summed E-state index contributed by atoms with van der Waals surface area (Å²) in [5.41, 5.74) is 3.16. The first-order chi connectivity index (χ1) is 17.5. The van der Waals surface area contributed by atoms with Crippen molar-refractivity contribution in [1.29, 1.82) is 0 Å². The Bertz CT molecular complexity index is 1690. The first-order valence-electron chi connectivity index (χ1n) is 11.4. The van der Waals surface area contributed by atoms with Gasteiger partial charge in [0.15, 0.2) is 16.3 Å². The minimum Gasteiger partial charge on any atom is -0.493 e. The molecule has 0 bridgehead atoms. The van der Waals surface area contributed by atoms with Crippen LogP contribution in [0.1, 0.15) is 31.0 Å². The van der Waals surface area contributed by atoms with E-state index in [0.29, 0.717) is 37.7 Å². The zero-order valence-corrected chi connectivity index (χ0v) is 21.1. The molecular formula is C27H25N3O5S. The van der Waals surface area contributed by atoms with E-state index in [1.165, 1.54) is 11.3 Å². The lowest BCUT2D eigenvalue weighted by Crippen LogP contribution is -2.39. The number of methoxy groups -OCH3 is 2. The van der Waals surface area contributed by atoms with E-state index in [4.69, 9.17) is 14.2 Å². The second kappa shape index (κ2) is 9.50. The monoisotopic (exact) mass is 503 g/mol. The number of ether oxygens (including phenoxy) is 3. The second-order valence-corrected chi connectivity index (χ2v) is 9.22. The number of carbonyl (C=O) groups is 1. The molecule has 2 aromatic heterocycles. The van der Waals surface area contributed by atoms with Crippen molar-refractivity contribution in [2.24, 2.45) is 4.99 Å². The number of H-pyrrole nitrogens is 1. The summed E-state index contributed by atoms with van der Waals surface area (Å²) < 4.78 is 18.3. The molecule has 5 rings (SSSR count). The first kappa shape index (κ1) is 23.6. The van der Waals surface area contributed by atoms with Crippen LogP contribution in [-0.4, -0.2) is 36.3 Å². The Kier molecular flexibility index (Phi) is 6.24. The Morgan fingerprint density at radius 1 is 1.17 bits per heavy atom. The van der Waals surface area contributed by atoms with Crippen molar-refractivity contribution >= 4 is 34.3 Å². The normalized spacial score (nSPS) is 15.6. The number of hydrogen-bond donors (Lipinski definition) is 1. The molecule has 184 valence electrons. The van der Waals surface area contributed by atoms with Crippen LogP contribution in [0.3, 0.4) is 0 Å². The van der Waals surface area contributed by atoms with Crippen LogP contribution in [-0.2, 0) is 9.53 Å². The molecule has 0 saturated heterocycles. The molecule has 1 aliphatic rings. The number of carbonyl (C=O) groups excluding carboxylic acids is 1. The minimum absolute atomic E-state index is 0.208. The summed E-state index contributed by atoms with van der Waals surface area (Å²) in [4.78, 5) is 35.3. The van der Waals surface area contributed by atoms with Crippen molar-refractivity contribution < 1.29 is 19.0 Å². The van der Waals surface area contributed by atoms with Crippen LogP contribution in [0.25, 0.3) is 17.0 Å². The van der Waals surface area contributed by atoms with Crippen LogP contribution in [0.2, 0.25) is 0 Å². The van der Waals surface area contributed by atoms with Crippen molar-refractivity contribution in [3.63, 3.8) is 0 Å². The van der Waals surface area contributed by atoms with Crippen LogP contribution in [0, 0.1) is 0 Å². The standard InChI is InChI=1S/C27H25N3O5S/c1-5-35-26(32)23-15(2)29-27-30(24(23)16-10-11-20(33-3)21(12-16)34-4)25(31)22(36-27)13-17-14-28-19-9-7-6-8-18(17)19/h6-14,24,28H,5H2,1-4H3/t24-/m1/s1. The third kappa shape index (κ3) is 3.91. The molecule has 2 aromatic carbocycles. The van der Waals surface area contributed by atoms with Crippen molar-refractivity contribution in [2.75, 3.05) is 20.8 Å². The summed E-state index contributed by atoms with van der Waals surface area (Å²) in [7, 11) is 3.10. The van der Waals surface area contributed by atoms with Crippen LogP contribution in [0.5, 0.6) is 11.5 Å². The molecule has 0 radical (unpaired) electrons. The van der Waals surface area contributed by atoms with Gasteiger partial charge in [-0.2, -0.15) is 0 Å². The van der Waals surface area contributed by atoms with Gasteiger partial charge in [-0.25, -0.2) is 9.79 Å². The fraction of sp³-hybridized carbons (Fsp3) is 0.222. The van der Waals surface area contributed by atoms with Gasteiger partial charge in [-0.05, 0) is 43.7 Å².